The Morgan fingerprint density at radius 2 is 1.96 bits per heavy atom. The highest BCUT2D eigenvalue weighted by Crippen LogP contribution is 2.43. The summed E-state index contributed by atoms with van der Waals surface area (Å²) in [6, 6.07) is 7.50. The van der Waals surface area contributed by atoms with Gasteiger partial charge in [0.25, 0.3) is 0 Å². The third kappa shape index (κ3) is 3.87. The molecule has 1 unspecified atom stereocenters. The van der Waals surface area contributed by atoms with Gasteiger partial charge in [0.15, 0.2) is 0 Å². The number of aliphatic hydroxyl groups excluding tert-OH is 1. The van der Waals surface area contributed by atoms with E-state index in [9.17, 15) is 13.5 Å². The topological polar surface area (TPSA) is 70.1 Å². The molecule has 0 radical (unpaired) electrons. The van der Waals surface area contributed by atoms with Gasteiger partial charge in [0.2, 0.25) is 10.0 Å². The Kier molecular flexibility index (Phi) is 5.82. The van der Waals surface area contributed by atoms with Crippen molar-refractivity contribution in [3.8, 4) is 0 Å². The average molecular weight is 409 g/mol. The first-order chi connectivity index (χ1) is 13.4. The van der Waals surface area contributed by atoms with E-state index in [1.807, 2.05) is 19.1 Å². The number of likely N-dealkylation sites (tertiary alicyclic amines) is 1. The minimum Gasteiger partial charge on any atom is -0.395 e. The van der Waals surface area contributed by atoms with E-state index >= 15 is 0 Å². The fourth-order valence-corrected chi connectivity index (χ4v) is 6.82. The molecule has 0 bridgehead atoms. The van der Waals surface area contributed by atoms with Crippen molar-refractivity contribution in [3.05, 3.63) is 29.8 Å². The Morgan fingerprint density at radius 3 is 2.68 bits per heavy atom. The molecule has 2 atom stereocenters. The van der Waals surface area contributed by atoms with Gasteiger partial charge in [-0.05, 0) is 62.6 Å². The summed E-state index contributed by atoms with van der Waals surface area (Å²) in [6.45, 7) is 5.87. The molecule has 4 rings (SSSR count). The van der Waals surface area contributed by atoms with Gasteiger partial charge in [-0.2, -0.15) is 4.31 Å². The number of aryl methyl sites for hydroxylation is 1. The summed E-state index contributed by atoms with van der Waals surface area (Å²) in [4.78, 5) is 2.79. The second-order valence-electron chi connectivity index (χ2n) is 8.78. The Bertz CT molecular complexity index is 789. The number of piperidine rings is 1. The van der Waals surface area contributed by atoms with Crippen LogP contribution in [0.4, 0.5) is 0 Å². The van der Waals surface area contributed by atoms with Crippen LogP contribution >= 0.6 is 0 Å². The van der Waals surface area contributed by atoms with E-state index in [0.717, 1.165) is 57.4 Å². The normalized spacial score (nSPS) is 28.9. The maximum atomic E-state index is 13.0. The fourth-order valence-electron chi connectivity index (χ4n) is 5.15. The summed E-state index contributed by atoms with van der Waals surface area (Å²) in [6.07, 6.45) is 5.14. The molecule has 0 amide bonds. The molecule has 0 aromatic heterocycles. The zero-order valence-electron chi connectivity index (χ0n) is 16.7. The predicted octanol–water partition coefficient (Wildman–Crippen LogP) is 2.01. The lowest BCUT2D eigenvalue weighted by Crippen LogP contribution is -2.44. The molecule has 0 aliphatic carbocycles. The van der Waals surface area contributed by atoms with Crippen LogP contribution in [0, 0.1) is 12.3 Å². The molecule has 3 aliphatic heterocycles. The van der Waals surface area contributed by atoms with Gasteiger partial charge in [-0.25, -0.2) is 8.42 Å². The van der Waals surface area contributed by atoms with Gasteiger partial charge in [-0.15, -0.1) is 0 Å². The summed E-state index contributed by atoms with van der Waals surface area (Å²) in [5, 5.41) is 9.53. The summed E-state index contributed by atoms with van der Waals surface area (Å²) in [7, 11) is -3.43. The fraction of sp³-hybridized carbons (Fsp3) is 0.714. The van der Waals surface area contributed by atoms with Crippen molar-refractivity contribution < 1.29 is 18.3 Å². The molecule has 1 spiro atoms. The van der Waals surface area contributed by atoms with Crippen LogP contribution in [-0.4, -0.2) is 74.3 Å². The van der Waals surface area contributed by atoms with Crippen LogP contribution in [-0.2, 0) is 14.8 Å². The molecule has 3 fully saturated rings. The molecule has 6 nitrogen and oxygen atoms in total. The summed E-state index contributed by atoms with van der Waals surface area (Å²) >= 11 is 0. The van der Waals surface area contributed by atoms with E-state index in [1.54, 1.807) is 16.4 Å². The molecule has 3 saturated heterocycles. The van der Waals surface area contributed by atoms with Crippen LogP contribution in [0.2, 0.25) is 0 Å². The van der Waals surface area contributed by atoms with Gasteiger partial charge in [0.05, 0.1) is 24.2 Å². The Morgan fingerprint density at radius 1 is 1.21 bits per heavy atom. The lowest BCUT2D eigenvalue weighted by molar-refractivity contribution is 0.0480. The number of benzene rings is 1. The van der Waals surface area contributed by atoms with Crippen molar-refractivity contribution in [1.82, 2.24) is 9.21 Å². The average Bonchev–Trinajstić information content (AvgIpc) is 3.29. The van der Waals surface area contributed by atoms with Gasteiger partial charge >= 0.3 is 0 Å². The van der Waals surface area contributed by atoms with Crippen LogP contribution in [0.15, 0.2) is 29.2 Å². The molecule has 7 heteroatoms. The number of ether oxygens (including phenoxy) is 1. The van der Waals surface area contributed by atoms with E-state index in [4.69, 9.17) is 4.74 Å². The number of sulfonamides is 1. The van der Waals surface area contributed by atoms with Gasteiger partial charge in [-0.1, -0.05) is 18.2 Å². The smallest absolute Gasteiger partial charge is 0.243 e. The SMILES string of the molecule is Cc1ccccc1S(=O)(=O)N1CCC2(CC1)COC(CN1CCC[C@H]1CO)C2. The zero-order chi connectivity index (χ0) is 19.8. The van der Waals surface area contributed by atoms with E-state index in [0.29, 0.717) is 18.0 Å². The van der Waals surface area contributed by atoms with Crippen molar-refractivity contribution in [2.24, 2.45) is 5.41 Å². The molecule has 3 heterocycles. The number of rotatable bonds is 5. The monoisotopic (exact) mass is 408 g/mol. The molecule has 1 aromatic carbocycles. The van der Waals surface area contributed by atoms with Crippen LogP contribution in [0.3, 0.4) is 0 Å². The molecule has 156 valence electrons. The zero-order valence-corrected chi connectivity index (χ0v) is 17.5. The van der Waals surface area contributed by atoms with Gasteiger partial charge in [0, 0.05) is 25.7 Å². The van der Waals surface area contributed by atoms with E-state index in [-0.39, 0.29) is 24.2 Å². The molecular weight excluding hydrogens is 376 g/mol. The lowest BCUT2D eigenvalue weighted by atomic mass is 9.77. The van der Waals surface area contributed by atoms with Gasteiger partial charge in [0.1, 0.15) is 0 Å². The quantitative estimate of drug-likeness (QED) is 0.807. The minimum absolute atomic E-state index is 0.108. The molecule has 0 saturated carbocycles. The molecule has 1 aromatic rings. The van der Waals surface area contributed by atoms with Crippen LogP contribution in [0.5, 0.6) is 0 Å². The number of nitrogens with zero attached hydrogens (tertiary/aromatic N) is 2. The van der Waals surface area contributed by atoms with Crippen molar-refractivity contribution >= 4 is 10.0 Å². The summed E-state index contributed by atoms with van der Waals surface area (Å²) in [5.41, 5.74) is 0.910. The Hall–Kier alpha value is -0.990. The second-order valence-corrected chi connectivity index (χ2v) is 10.7. The van der Waals surface area contributed by atoms with Crippen molar-refractivity contribution in [1.29, 1.82) is 0 Å². The number of aliphatic hydroxyl groups is 1. The highest BCUT2D eigenvalue weighted by Gasteiger charge is 2.45. The molecule has 28 heavy (non-hydrogen) atoms. The van der Waals surface area contributed by atoms with Crippen LogP contribution in [0.1, 0.15) is 37.7 Å². The molecular formula is C21H32N2O4S. The van der Waals surface area contributed by atoms with Crippen molar-refractivity contribution in [2.75, 3.05) is 39.4 Å². The number of hydrogen-bond donors (Lipinski definition) is 1. The lowest BCUT2D eigenvalue weighted by Gasteiger charge is -2.38. The van der Waals surface area contributed by atoms with Crippen LogP contribution in [0.25, 0.3) is 0 Å². The minimum atomic E-state index is -3.43. The third-order valence-corrected chi connectivity index (χ3v) is 8.99. The van der Waals surface area contributed by atoms with Gasteiger partial charge in [-0.3, -0.25) is 4.90 Å². The highest BCUT2D eigenvalue weighted by molar-refractivity contribution is 7.89. The second kappa shape index (κ2) is 8.03. The molecule has 1 N–H and O–H groups in total. The van der Waals surface area contributed by atoms with Crippen LogP contribution < -0.4 is 0 Å². The first kappa shape index (κ1) is 20.3. The van der Waals surface area contributed by atoms with E-state index < -0.39 is 10.0 Å². The van der Waals surface area contributed by atoms with Crippen molar-refractivity contribution in [2.45, 2.75) is 56.1 Å². The maximum absolute atomic E-state index is 13.0. The Balaban J connectivity index is 1.36. The van der Waals surface area contributed by atoms with Crippen molar-refractivity contribution in [3.63, 3.8) is 0 Å². The highest BCUT2D eigenvalue weighted by atomic mass is 32.2. The largest absolute Gasteiger partial charge is 0.395 e. The maximum Gasteiger partial charge on any atom is 0.243 e. The third-order valence-electron chi connectivity index (χ3n) is 6.93. The summed E-state index contributed by atoms with van der Waals surface area (Å²) in [5.74, 6) is 0. The summed E-state index contributed by atoms with van der Waals surface area (Å²) < 4.78 is 33.9. The van der Waals surface area contributed by atoms with E-state index in [1.165, 1.54) is 0 Å². The molecule has 3 aliphatic rings. The Labute approximate surface area is 168 Å². The number of hydrogen-bond acceptors (Lipinski definition) is 5. The van der Waals surface area contributed by atoms with E-state index in [2.05, 4.69) is 4.90 Å². The first-order valence-electron chi connectivity index (χ1n) is 10.5. The standard InChI is InChI=1S/C21H32N2O4S/c1-17-5-2-3-7-20(17)28(25,26)23-11-8-21(9-12-23)13-19(27-16-21)14-22-10-4-6-18(22)15-24/h2-3,5,7,18-19,24H,4,6,8-16H2,1H3/t18-,19?/m0/s1. The predicted molar refractivity (Wildman–Crippen MR) is 108 cm³/mol. The van der Waals surface area contributed by atoms with Gasteiger partial charge < -0.3 is 9.84 Å². The first-order valence-corrected chi connectivity index (χ1v) is 11.9.